The lowest BCUT2D eigenvalue weighted by atomic mass is 9.97. The molecule has 2 N–H and O–H groups in total. The summed E-state index contributed by atoms with van der Waals surface area (Å²) >= 11 is 0. The molecule has 8 nitrogen and oxygen atoms in total. The van der Waals surface area contributed by atoms with E-state index in [1.807, 2.05) is 24.3 Å². The fraction of sp³-hybridized carbons (Fsp3) is 0.556. The molecule has 12 heteroatoms. The molecule has 258 valence electrons. The van der Waals surface area contributed by atoms with Crippen molar-refractivity contribution in [2.24, 2.45) is 5.73 Å². The predicted octanol–water partition coefficient (Wildman–Crippen LogP) is 5.69. The maximum atomic E-state index is 14.6. The van der Waals surface area contributed by atoms with Gasteiger partial charge in [0.2, 0.25) is 10.0 Å². The molecule has 0 amide bonds. The summed E-state index contributed by atoms with van der Waals surface area (Å²) in [6.07, 6.45) is 3.21. The van der Waals surface area contributed by atoms with Gasteiger partial charge in [0.25, 0.3) is 0 Å². The Morgan fingerprint density at radius 2 is 1.60 bits per heavy atom. The first-order chi connectivity index (χ1) is 23.0. The van der Waals surface area contributed by atoms with Crippen molar-refractivity contribution >= 4 is 20.8 Å². The molecule has 1 unspecified atom stereocenters. The van der Waals surface area contributed by atoms with Gasteiger partial charge in [0.15, 0.2) is 5.72 Å². The Morgan fingerprint density at radius 1 is 0.875 bits per heavy atom. The summed E-state index contributed by atoms with van der Waals surface area (Å²) in [6, 6.07) is 14.7. The summed E-state index contributed by atoms with van der Waals surface area (Å²) in [5.74, 6) is 0.804. The van der Waals surface area contributed by atoms with E-state index in [1.54, 1.807) is 22.5 Å². The van der Waals surface area contributed by atoms with E-state index in [0.29, 0.717) is 32.5 Å². The number of ether oxygens (including phenoxy) is 2. The van der Waals surface area contributed by atoms with Gasteiger partial charge in [0.05, 0.1) is 29.2 Å². The first-order valence-electron chi connectivity index (χ1n) is 17.3. The standard InChI is InChI=1S/C36H43F3N4O4S/c37-36(38,39)27-8-11-32-26(19-27)7-12-33(32)41-17-18-43(34(22-41)35(23-46-35)42-15-13-28(40)14-16-42)48(44,45)31-10-6-24-20-30(9-5-25(24)21-31)47-29-3-1-2-4-29/h5-6,8-11,19-21,28-29,33-34H,1-4,7,12-18,22-23,40H2/t33-,34+,35?/m1/s1. The van der Waals surface area contributed by atoms with E-state index in [2.05, 4.69) is 9.80 Å². The molecule has 3 aromatic rings. The van der Waals surface area contributed by atoms with Gasteiger partial charge in [-0.3, -0.25) is 9.80 Å². The number of likely N-dealkylation sites (tertiary alicyclic amines) is 1. The average Bonchev–Trinajstić information content (AvgIpc) is 3.50. The summed E-state index contributed by atoms with van der Waals surface area (Å²) in [4.78, 5) is 4.76. The number of piperidine rings is 1. The summed E-state index contributed by atoms with van der Waals surface area (Å²) in [5.41, 5.74) is 6.46. The summed E-state index contributed by atoms with van der Waals surface area (Å²) in [5, 5.41) is 1.75. The van der Waals surface area contributed by atoms with E-state index in [0.717, 1.165) is 66.4 Å². The zero-order valence-electron chi connectivity index (χ0n) is 27.0. The number of sulfonamides is 1. The SMILES string of the molecule is NC1CCN(C2([C@@H]3CN([C@@H]4CCc5cc(C(F)(F)F)ccc54)CCN3S(=O)(=O)c3ccc4cc(OC5CCCC5)ccc4c3)CO2)CC1. The smallest absolute Gasteiger partial charge is 0.416 e. The van der Waals surface area contributed by atoms with Gasteiger partial charge in [-0.25, -0.2) is 8.42 Å². The number of rotatable bonds is 7. The maximum absolute atomic E-state index is 14.6. The molecule has 3 atom stereocenters. The monoisotopic (exact) mass is 684 g/mol. The zero-order chi connectivity index (χ0) is 33.3. The van der Waals surface area contributed by atoms with Gasteiger partial charge in [0, 0.05) is 44.8 Å². The van der Waals surface area contributed by atoms with Gasteiger partial charge >= 0.3 is 6.18 Å². The quantitative estimate of drug-likeness (QED) is 0.320. The molecule has 5 aliphatic rings. The van der Waals surface area contributed by atoms with Gasteiger partial charge in [-0.1, -0.05) is 18.2 Å². The number of epoxide rings is 1. The summed E-state index contributed by atoms with van der Waals surface area (Å²) < 4.78 is 83.6. The lowest BCUT2D eigenvalue weighted by Crippen LogP contribution is -2.65. The number of nitrogens with zero attached hydrogens (tertiary/aromatic N) is 3. The van der Waals surface area contributed by atoms with Crippen LogP contribution in [-0.2, 0) is 27.4 Å². The number of nitrogens with two attached hydrogens (primary N) is 1. The van der Waals surface area contributed by atoms with E-state index < -0.39 is 33.5 Å². The third kappa shape index (κ3) is 5.92. The van der Waals surface area contributed by atoms with Crippen molar-refractivity contribution < 1.29 is 31.1 Å². The van der Waals surface area contributed by atoms with Crippen LogP contribution in [0.1, 0.15) is 67.7 Å². The van der Waals surface area contributed by atoms with E-state index in [-0.39, 0.29) is 29.6 Å². The topological polar surface area (TPSA) is 91.6 Å². The fourth-order valence-electron chi connectivity index (χ4n) is 8.58. The number of alkyl halides is 3. The van der Waals surface area contributed by atoms with Gasteiger partial charge in [-0.2, -0.15) is 17.5 Å². The Bertz CT molecular complexity index is 1790. The number of benzene rings is 3. The van der Waals surface area contributed by atoms with Crippen molar-refractivity contribution in [1.29, 1.82) is 0 Å². The Kier molecular flexibility index (Phi) is 8.28. The van der Waals surface area contributed by atoms with Crippen LogP contribution in [0.4, 0.5) is 13.2 Å². The molecule has 3 aliphatic heterocycles. The van der Waals surface area contributed by atoms with Gasteiger partial charge in [-0.15, -0.1) is 0 Å². The van der Waals surface area contributed by atoms with Crippen LogP contribution in [-0.4, -0.2) is 85.8 Å². The third-order valence-electron chi connectivity index (χ3n) is 11.4. The summed E-state index contributed by atoms with van der Waals surface area (Å²) in [7, 11) is -3.93. The fourth-order valence-corrected chi connectivity index (χ4v) is 10.3. The molecule has 8 rings (SSSR count). The highest BCUT2D eigenvalue weighted by Gasteiger charge is 2.61. The molecule has 0 spiro atoms. The molecule has 3 heterocycles. The lowest BCUT2D eigenvalue weighted by Gasteiger charge is -2.48. The van der Waals surface area contributed by atoms with Crippen molar-refractivity contribution in [3.05, 3.63) is 71.3 Å². The molecule has 3 aromatic carbocycles. The largest absolute Gasteiger partial charge is 0.490 e. The number of halogens is 3. The Morgan fingerprint density at radius 3 is 2.33 bits per heavy atom. The highest BCUT2D eigenvalue weighted by Crippen LogP contribution is 2.46. The van der Waals surface area contributed by atoms with Crippen LogP contribution in [0.5, 0.6) is 5.75 Å². The number of piperazine rings is 1. The Hall–Kier alpha value is -2.74. The minimum atomic E-state index is -4.39. The average molecular weight is 685 g/mol. The van der Waals surface area contributed by atoms with Gasteiger partial charge < -0.3 is 15.2 Å². The third-order valence-corrected chi connectivity index (χ3v) is 13.3. The highest BCUT2D eigenvalue weighted by atomic mass is 32.2. The van der Waals surface area contributed by atoms with Crippen molar-refractivity contribution in [1.82, 2.24) is 14.1 Å². The van der Waals surface area contributed by atoms with E-state index in [4.69, 9.17) is 15.2 Å². The minimum absolute atomic E-state index is 0.0819. The second-order valence-corrected chi connectivity index (χ2v) is 16.1. The van der Waals surface area contributed by atoms with Gasteiger partial charge in [-0.05, 0) is 110 Å². The molecular formula is C36H43F3N4O4S. The normalized spacial score (nSPS) is 28.2. The van der Waals surface area contributed by atoms with Crippen LogP contribution < -0.4 is 10.5 Å². The highest BCUT2D eigenvalue weighted by molar-refractivity contribution is 7.89. The molecule has 0 aromatic heterocycles. The van der Waals surface area contributed by atoms with Crippen LogP contribution in [0, 0.1) is 0 Å². The second kappa shape index (κ2) is 12.2. The van der Waals surface area contributed by atoms with E-state index >= 15 is 0 Å². The number of hydrogen-bond acceptors (Lipinski definition) is 7. The first kappa shape index (κ1) is 32.5. The van der Waals surface area contributed by atoms with Crippen LogP contribution in [0.25, 0.3) is 10.8 Å². The molecule has 3 saturated heterocycles. The van der Waals surface area contributed by atoms with Crippen LogP contribution >= 0.6 is 0 Å². The molecule has 0 radical (unpaired) electrons. The number of aryl methyl sites for hydroxylation is 1. The molecule has 1 saturated carbocycles. The van der Waals surface area contributed by atoms with Crippen molar-refractivity contribution in [2.75, 3.05) is 39.3 Å². The predicted molar refractivity (Wildman–Crippen MR) is 176 cm³/mol. The van der Waals surface area contributed by atoms with Gasteiger partial charge in [0.1, 0.15) is 5.75 Å². The van der Waals surface area contributed by atoms with Crippen molar-refractivity contribution in [2.45, 2.75) is 92.4 Å². The van der Waals surface area contributed by atoms with Crippen LogP contribution in [0.15, 0.2) is 59.5 Å². The molecular weight excluding hydrogens is 641 g/mol. The zero-order valence-corrected chi connectivity index (χ0v) is 27.8. The minimum Gasteiger partial charge on any atom is -0.490 e. The molecule has 2 aliphatic carbocycles. The van der Waals surface area contributed by atoms with E-state index in [1.165, 1.54) is 25.0 Å². The Balaban J connectivity index is 1.09. The lowest BCUT2D eigenvalue weighted by molar-refractivity contribution is -0.137. The van der Waals surface area contributed by atoms with Crippen LogP contribution in [0.2, 0.25) is 0 Å². The van der Waals surface area contributed by atoms with Crippen molar-refractivity contribution in [3.8, 4) is 5.75 Å². The van der Waals surface area contributed by atoms with Crippen LogP contribution in [0.3, 0.4) is 0 Å². The number of hydrogen-bond donors (Lipinski definition) is 1. The van der Waals surface area contributed by atoms with E-state index in [9.17, 15) is 21.6 Å². The first-order valence-corrected chi connectivity index (χ1v) is 18.8. The molecule has 0 bridgehead atoms. The second-order valence-electron chi connectivity index (χ2n) is 14.2. The van der Waals surface area contributed by atoms with Crippen molar-refractivity contribution in [3.63, 3.8) is 0 Å². The summed E-state index contributed by atoms with van der Waals surface area (Å²) in [6.45, 7) is 3.01. The maximum Gasteiger partial charge on any atom is 0.416 e. The number of fused-ring (bicyclic) bond motifs is 2. The molecule has 48 heavy (non-hydrogen) atoms. The Labute approximate surface area is 280 Å². The molecule has 4 fully saturated rings.